The second kappa shape index (κ2) is 30.4. The van der Waals surface area contributed by atoms with E-state index in [0.29, 0.717) is 0 Å². The van der Waals surface area contributed by atoms with Crippen molar-refractivity contribution in [2.24, 2.45) is 0 Å². The Labute approximate surface area is 447 Å². The SMILES string of the molecule is CO[SiH2]CC[Si]1(C)O[Si](C)(CC[SiH2]OC)O[Si](C)(CC[Si](C)(C)O[Si](C)(C)O[Si](C)(C)CC[Si]2(C)O[Si](C)(CC[SiH2]OC)O[Si](C)(CC[SiH2]OC)O[Si](C)(CC[SiH2]OC)O2)O[Si](C)(CC[SiH2]OC)O1. The maximum atomic E-state index is 7.52. The van der Waals surface area contributed by atoms with E-state index in [0.717, 1.165) is 96.7 Å². The molecule has 2 heterocycles. The van der Waals surface area contributed by atoms with Gasteiger partial charge in [0.2, 0.25) is 0 Å². The predicted molar refractivity (Wildman–Crippen MR) is 326 cm³/mol. The molecule has 412 valence electrons. The van der Waals surface area contributed by atoms with Gasteiger partial charge >= 0.3 is 77.0 Å². The van der Waals surface area contributed by atoms with Crippen LogP contribution in [-0.4, -0.2) is 195 Å². The van der Waals surface area contributed by atoms with Crippen LogP contribution in [0.4, 0.5) is 0 Å². The van der Waals surface area contributed by atoms with E-state index in [9.17, 15) is 0 Å². The molecule has 33 heteroatoms. The lowest BCUT2D eigenvalue weighted by Gasteiger charge is -2.51. The molecule has 2 fully saturated rings. The Hall–Kier alpha value is 3.05. The van der Waals surface area contributed by atoms with Crippen LogP contribution in [0.15, 0.2) is 0 Å². The molecule has 69 heavy (non-hydrogen) atoms. The third-order valence-corrected chi connectivity index (χ3v) is 73.1. The summed E-state index contributed by atoms with van der Waals surface area (Å²) >= 11 is 0. The summed E-state index contributed by atoms with van der Waals surface area (Å²) in [5.41, 5.74) is 0. The van der Waals surface area contributed by atoms with Crippen molar-refractivity contribution in [1.82, 2.24) is 0 Å². The first-order valence-electron chi connectivity index (χ1n) is 25.8. The highest BCUT2D eigenvalue weighted by Gasteiger charge is 2.59. The van der Waals surface area contributed by atoms with Crippen LogP contribution in [0, 0.1) is 0 Å². The molecule has 16 nitrogen and oxygen atoms in total. The first-order chi connectivity index (χ1) is 31.8. The number of rotatable bonds is 34. The van der Waals surface area contributed by atoms with Crippen molar-refractivity contribution in [3.05, 3.63) is 0 Å². The van der Waals surface area contributed by atoms with Crippen LogP contribution >= 0.6 is 0 Å². The maximum Gasteiger partial charge on any atom is 0.317 e. The van der Waals surface area contributed by atoms with E-state index in [2.05, 4.69) is 91.7 Å². The lowest BCUT2D eigenvalue weighted by atomic mass is 10.9. The summed E-state index contributed by atoms with van der Waals surface area (Å²) in [4.78, 5) is 0. The van der Waals surface area contributed by atoms with Crippen molar-refractivity contribution in [2.45, 2.75) is 188 Å². The summed E-state index contributed by atoms with van der Waals surface area (Å²) in [7, 11) is -22.0. The van der Waals surface area contributed by atoms with E-state index in [-0.39, 0.29) is 0 Å². The van der Waals surface area contributed by atoms with Gasteiger partial charge in [-0.2, -0.15) is 0 Å². The van der Waals surface area contributed by atoms with Gasteiger partial charge < -0.3 is 67.7 Å². The van der Waals surface area contributed by atoms with Crippen LogP contribution in [0.2, 0.25) is 188 Å². The Bertz CT molecular complexity index is 1320. The van der Waals surface area contributed by atoms with E-state index >= 15 is 0 Å². The number of hydrogen-bond acceptors (Lipinski definition) is 16. The predicted octanol–water partition coefficient (Wildman–Crippen LogP) is 5.76. The second-order valence-electron chi connectivity index (χ2n) is 22.6. The molecule has 0 saturated carbocycles. The summed E-state index contributed by atoms with van der Waals surface area (Å²) in [6.07, 6.45) is 0. The Morgan fingerprint density at radius 3 is 0.609 bits per heavy atom. The fourth-order valence-electron chi connectivity index (χ4n) is 10.4. The lowest BCUT2D eigenvalue weighted by Crippen LogP contribution is -2.67. The highest BCUT2D eigenvalue weighted by Crippen LogP contribution is 2.42. The molecule has 0 amide bonds. The molecular weight excluding hydrogens is 1170 g/mol. The maximum absolute atomic E-state index is 7.52. The van der Waals surface area contributed by atoms with E-state index < -0.39 is 152 Å². The van der Waals surface area contributed by atoms with Crippen molar-refractivity contribution in [1.29, 1.82) is 0 Å². The van der Waals surface area contributed by atoms with Gasteiger partial charge in [0.1, 0.15) is 0 Å². The zero-order valence-electron chi connectivity index (χ0n) is 47.6. The molecule has 4 unspecified atom stereocenters. The summed E-state index contributed by atoms with van der Waals surface area (Å²) in [6.45, 7) is 32.1. The summed E-state index contributed by atoms with van der Waals surface area (Å²) in [5.74, 6) is 0. The van der Waals surface area contributed by atoms with Crippen LogP contribution < -0.4 is 0 Å². The normalized spacial score (nSPS) is 34.3. The molecule has 0 aromatic carbocycles. The van der Waals surface area contributed by atoms with Gasteiger partial charge in [-0.3, -0.25) is 0 Å². The van der Waals surface area contributed by atoms with Crippen LogP contribution in [0.25, 0.3) is 0 Å². The molecule has 0 N–H and O–H groups in total. The molecule has 0 radical (unpaired) electrons. The summed E-state index contributed by atoms with van der Waals surface area (Å²) in [5, 5.41) is 0. The van der Waals surface area contributed by atoms with E-state index in [1.807, 2.05) is 42.7 Å². The Balaban J connectivity index is 2.38. The molecular formula is C36H104O16Si17. The standard InChI is InChI=1S/C36H104O16Si17/c1-37-53-21-27-62(13)45-64(15,29-23-55-39-3)49-68(19,50-65(16,46-62)30-24-56-40-4)35-33-59(7,8)43-61(11,12)44-60(9,10)34-36-69(20)51-66(17,31-25-57-41-5)47-63(14,28-22-54-38-2)48-67(18,52-69)32-26-58-42-6/h21-36,53-58H2,1-20H3. The van der Waals surface area contributed by atoms with Gasteiger partial charge in [-0.25, -0.2) is 0 Å². The van der Waals surface area contributed by atoms with Gasteiger partial charge in [0.05, 0.1) is 0 Å². The third kappa shape index (κ3) is 26.5. The van der Waals surface area contributed by atoms with Gasteiger partial charge in [-0.15, -0.1) is 0 Å². The Morgan fingerprint density at radius 2 is 0.449 bits per heavy atom. The van der Waals surface area contributed by atoms with Gasteiger partial charge in [0.25, 0.3) is 0 Å². The van der Waals surface area contributed by atoms with E-state index in [1.165, 1.54) is 0 Å². The number of hydrogen-bond donors (Lipinski definition) is 0. The van der Waals surface area contributed by atoms with Crippen molar-refractivity contribution < 1.29 is 67.7 Å². The monoisotopic (exact) mass is 1270 g/mol. The van der Waals surface area contributed by atoms with E-state index in [1.54, 1.807) is 0 Å². The first-order valence-corrected chi connectivity index (χ1v) is 64.5. The topological polar surface area (TPSA) is 148 Å². The van der Waals surface area contributed by atoms with Crippen LogP contribution in [0.1, 0.15) is 0 Å². The molecule has 0 spiro atoms. The van der Waals surface area contributed by atoms with Gasteiger partial charge in [0, 0.05) is 42.7 Å². The Kier molecular flexibility index (Phi) is 30.0. The van der Waals surface area contributed by atoms with Crippen molar-refractivity contribution in [3.63, 3.8) is 0 Å². The minimum absolute atomic E-state index is 0.628. The zero-order chi connectivity index (χ0) is 52.4. The largest absolute Gasteiger partial charge is 0.437 e. The highest BCUT2D eigenvalue weighted by molar-refractivity contribution is 6.96. The minimum Gasteiger partial charge on any atom is -0.437 e. The molecule has 0 aromatic rings. The molecule has 0 bridgehead atoms. The molecule has 4 atom stereocenters. The van der Waals surface area contributed by atoms with Crippen LogP contribution in [0.5, 0.6) is 0 Å². The van der Waals surface area contributed by atoms with E-state index in [4.69, 9.17) is 67.7 Å². The molecule has 0 aromatic heterocycles. The summed E-state index contributed by atoms with van der Waals surface area (Å²) < 4.78 is 108. The molecule has 0 aliphatic carbocycles. The van der Waals surface area contributed by atoms with Crippen molar-refractivity contribution >= 4 is 152 Å². The third-order valence-electron chi connectivity index (χ3n) is 12.7. The van der Waals surface area contributed by atoms with Gasteiger partial charge in [-0.1, -0.05) is 0 Å². The fourth-order valence-corrected chi connectivity index (χ4v) is 91.5. The summed E-state index contributed by atoms with van der Waals surface area (Å²) in [6, 6.07) is 15.0. The second-order valence-corrected chi connectivity index (χ2v) is 73.9. The lowest BCUT2D eigenvalue weighted by molar-refractivity contribution is 0.222. The highest BCUT2D eigenvalue weighted by atomic mass is 28.5. The molecule has 2 aliphatic rings. The minimum atomic E-state index is -2.84. The first kappa shape index (κ1) is 68.2. The average molecular weight is 1270 g/mol. The molecule has 2 rings (SSSR count). The fraction of sp³-hybridized carbons (Fsp3) is 1.00. The zero-order valence-corrected chi connectivity index (χ0v) is 67.1. The Morgan fingerprint density at radius 1 is 0.290 bits per heavy atom. The average Bonchev–Trinajstić information content (AvgIpc) is 3.18. The van der Waals surface area contributed by atoms with Gasteiger partial charge in [-0.05, 0) is 188 Å². The van der Waals surface area contributed by atoms with Crippen LogP contribution in [0.3, 0.4) is 0 Å². The smallest absolute Gasteiger partial charge is 0.317 e. The van der Waals surface area contributed by atoms with Crippen molar-refractivity contribution in [3.8, 4) is 0 Å². The van der Waals surface area contributed by atoms with Crippen LogP contribution in [-0.2, 0) is 67.7 Å². The van der Waals surface area contributed by atoms with Gasteiger partial charge in [0.15, 0.2) is 75.2 Å². The quantitative estimate of drug-likeness (QED) is 0.0568. The molecule has 2 saturated heterocycles. The van der Waals surface area contributed by atoms with Crippen molar-refractivity contribution in [2.75, 3.05) is 42.7 Å². The molecule has 2 aliphatic heterocycles.